The SMILES string of the molecule is COc1cccc(-n2nn[nH]c2=O)c1COc1ccc(C2=NC(C)(C)CO2)cc1C. The van der Waals surface area contributed by atoms with E-state index in [1.807, 2.05) is 39.0 Å². The molecule has 2 aromatic carbocycles. The van der Waals surface area contributed by atoms with Gasteiger partial charge in [0.15, 0.2) is 0 Å². The van der Waals surface area contributed by atoms with Gasteiger partial charge < -0.3 is 14.2 Å². The van der Waals surface area contributed by atoms with Gasteiger partial charge in [0.2, 0.25) is 5.90 Å². The van der Waals surface area contributed by atoms with E-state index in [1.165, 1.54) is 4.68 Å². The van der Waals surface area contributed by atoms with Gasteiger partial charge in [-0.15, -0.1) is 0 Å². The lowest BCUT2D eigenvalue weighted by molar-refractivity contribution is 0.279. The monoisotopic (exact) mass is 409 g/mol. The first-order valence-electron chi connectivity index (χ1n) is 9.51. The fourth-order valence-electron chi connectivity index (χ4n) is 3.27. The van der Waals surface area contributed by atoms with Crippen LogP contribution in [0.2, 0.25) is 0 Å². The van der Waals surface area contributed by atoms with Crippen molar-refractivity contribution in [2.45, 2.75) is 32.9 Å². The Balaban J connectivity index is 1.60. The number of ether oxygens (including phenoxy) is 3. The molecule has 1 aliphatic heterocycles. The second kappa shape index (κ2) is 7.66. The Hall–Kier alpha value is -3.62. The molecule has 0 bridgehead atoms. The molecule has 0 unspecified atom stereocenters. The molecule has 9 nitrogen and oxygen atoms in total. The van der Waals surface area contributed by atoms with Crippen molar-refractivity contribution in [2.24, 2.45) is 4.99 Å². The van der Waals surface area contributed by atoms with E-state index in [4.69, 9.17) is 14.2 Å². The molecule has 4 rings (SSSR count). The van der Waals surface area contributed by atoms with Crippen LogP contribution in [0.5, 0.6) is 11.5 Å². The summed E-state index contributed by atoms with van der Waals surface area (Å²) in [4.78, 5) is 16.6. The van der Waals surface area contributed by atoms with Crippen molar-refractivity contribution in [2.75, 3.05) is 13.7 Å². The van der Waals surface area contributed by atoms with Gasteiger partial charge in [-0.05, 0) is 67.1 Å². The zero-order valence-corrected chi connectivity index (χ0v) is 17.3. The molecule has 1 N–H and O–H groups in total. The molecule has 0 saturated carbocycles. The Morgan fingerprint density at radius 3 is 2.70 bits per heavy atom. The number of rotatable bonds is 6. The standard InChI is InChI=1S/C21H23N5O4/c1-13-10-14(19-22-21(2,3)12-30-19)8-9-17(13)29-11-15-16(6-5-7-18(15)28-4)26-20(27)23-24-25-26/h5-10H,11-12H2,1-4H3,(H,23,25,27). The molecule has 1 aliphatic rings. The van der Waals surface area contributed by atoms with E-state index in [9.17, 15) is 4.79 Å². The molecule has 0 spiro atoms. The van der Waals surface area contributed by atoms with Crippen LogP contribution < -0.4 is 15.2 Å². The van der Waals surface area contributed by atoms with E-state index < -0.39 is 5.69 Å². The van der Waals surface area contributed by atoms with Crippen LogP contribution in [0.1, 0.15) is 30.5 Å². The fraction of sp³-hybridized carbons (Fsp3) is 0.333. The van der Waals surface area contributed by atoms with Crippen LogP contribution in [-0.2, 0) is 11.3 Å². The molecular weight excluding hydrogens is 386 g/mol. The van der Waals surface area contributed by atoms with Crippen LogP contribution in [0.4, 0.5) is 0 Å². The van der Waals surface area contributed by atoms with E-state index in [0.29, 0.717) is 35.3 Å². The fourth-order valence-corrected chi connectivity index (χ4v) is 3.27. The topological polar surface area (TPSA) is 104 Å². The molecule has 0 atom stereocenters. The van der Waals surface area contributed by atoms with E-state index in [1.54, 1.807) is 25.3 Å². The van der Waals surface area contributed by atoms with Crippen LogP contribution in [0.3, 0.4) is 0 Å². The Morgan fingerprint density at radius 2 is 2.07 bits per heavy atom. The summed E-state index contributed by atoms with van der Waals surface area (Å²) in [7, 11) is 1.57. The molecule has 0 amide bonds. The van der Waals surface area contributed by atoms with Crippen molar-refractivity contribution in [3.05, 3.63) is 63.6 Å². The van der Waals surface area contributed by atoms with Crippen molar-refractivity contribution >= 4 is 5.90 Å². The first-order valence-corrected chi connectivity index (χ1v) is 9.51. The molecule has 0 saturated heterocycles. The van der Waals surface area contributed by atoms with Crippen LogP contribution in [0.25, 0.3) is 5.69 Å². The second-order valence-electron chi connectivity index (χ2n) is 7.66. The van der Waals surface area contributed by atoms with Crippen LogP contribution in [0.15, 0.2) is 46.2 Å². The first-order chi connectivity index (χ1) is 14.4. The highest BCUT2D eigenvalue weighted by atomic mass is 16.5. The molecule has 0 fully saturated rings. The maximum Gasteiger partial charge on any atom is 0.365 e. The highest BCUT2D eigenvalue weighted by Gasteiger charge is 2.27. The summed E-state index contributed by atoms with van der Waals surface area (Å²) in [6.07, 6.45) is 0. The summed E-state index contributed by atoms with van der Waals surface area (Å²) >= 11 is 0. The van der Waals surface area contributed by atoms with Crippen LogP contribution in [0, 0.1) is 6.92 Å². The number of aromatic nitrogens is 4. The zero-order chi connectivity index (χ0) is 21.3. The molecule has 0 aliphatic carbocycles. The lowest BCUT2D eigenvalue weighted by Crippen LogP contribution is -2.18. The van der Waals surface area contributed by atoms with Crippen LogP contribution in [-0.4, -0.2) is 45.4 Å². The summed E-state index contributed by atoms with van der Waals surface area (Å²) in [6.45, 7) is 6.79. The number of aliphatic imine (C=N–C) groups is 1. The number of aromatic amines is 1. The number of benzene rings is 2. The molecule has 30 heavy (non-hydrogen) atoms. The molecule has 9 heteroatoms. The first kappa shape index (κ1) is 19.7. The second-order valence-corrected chi connectivity index (χ2v) is 7.66. The van der Waals surface area contributed by atoms with Gasteiger partial charge in [0.05, 0.1) is 23.9 Å². The lowest BCUT2D eigenvalue weighted by atomic mass is 10.1. The summed E-state index contributed by atoms with van der Waals surface area (Å²) in [5.74, 6) is 1.95. The highest BCUT2D eigenvalue weighted by molar-refractivity contribution is 5.95. The Kier molecular flexibility index (Phi) is 5.03. The molecular formula is C21H23N5O4. The van der Waals surface area contributed by atoms with Crippen molar-refractivity contribution in [1.29, 1.82) is 0 Å². The van der Waals surface area contributed by atoms with E-state index in [2.05, 4.69) is 20.5 Å². The highest BCUT2D eigenvalue weighted by Crippen LogP contribution is 2.28. The predicted octanol–water partition coefficient (Wildman–Crippen LogP) is 2.41. The number of aryl methyl sites for hydroxylation is 1. The summed E-state index contributed by atoms with van der Waals surface area (Å²) in [6, 6.07) is 11.1. The number of tetrazole rings is 1. The van der Waals surface area contributed by atoms with Gasteiger partial charge in [0, 0.05) is 5.56 Å². The van der Waals surface area contributed by atoms with Gasteiger partial charge in [-0.3, -0.25) is 0 Å². The third-order valence-corrected chi connectivity index (χ3v) is 4.79. The number of nitrogens with zero attached hydrogens (tertiary/aromatic N) is 4. The van der Waals surface area contributed by atoms with E-state index >= 15 is 0 Å². The molecule has 3 aromatic rings. The molecule has 156 valence electrons. The predicted molar refractivity (Wildman–Crippen MR) is 111 cm³/mol. The van der Waals surface area contributed by atoms with E-state index in [0.717, 1.165) is 11.1 Å². The minimum Gasteiger partial charge on any atom is -0.496 e. The largest absolute Gasteiger partial charge is 0.496 e. The number of nitrogens with one attached hydrogen (secondary N) is 1. The minimum atomic E-state index is -0.440. The molecule has 1 aromatic heterocycles. The Bertz CT molecular complexity index is 1160. The zero-order valence-electron chi connectivity index (χ0n) is 17.3. The Morgan fingerprint density at radius 1 is 1.23 bits per heavy atom. The average molecular weight is 409 g/mol. The van der Waals surface area contributed by atoms with E-state index in [-0.39, 0.29) is 12.1 Å². The summed E-state index contributed by atoms with van der Waals surface area (Å²) in [5.41, 5.74) is 2.43. The minimum absolute atomic E-state index is 0.184. The van der Waals surface area contributed by atoms with Gasteiger partial charge >= 0.3 is 5.69 Å². The quantitative estimate of drug-likeness (QED) is 0.671. The number of H-pyrrole nitrogens is 1. The molecule has 2 heterocycles. The Labute approximate surface area is 173 Å². The van der Waals surface area contributed by atoms with Crippen LogP contribution >= 0.6 is 0 Å². The normalized spacial score (nSPS) is 14.9. The van der Waals surface area contributed by atoms with Crippen molar-refractivity contribution in [3.63, 3.8) is 0 Å². The van der Waals surface area contributed by atoms with Gasteiger partial charge in [-0.25, -0.2) is 14.9 Å². The van der Waals surface area contributed by atoms with Crippen molar-refractivity contribution < 1.29 is 14.2 Å². The van der Waals surface area contributed by atoms with Gasteiger partial charge in [0.25, 0.3) is 0 Å². The van der Waals surface area contributed by atoms with Gasteiger partial charge in [0.1, 0.15) is 24.7 Å². The van der Waals surface area contributed by atoms with Gasteiger partial charge in [-0.2, -0.15) is 4.68 Å². The maximum absolute atomic E-state index is 12.0. The summed E-state index contributed by atoms with van der Waals surface area (Å²) in [5, 5.41) is 9.67. The number of methoxy groups -OCH3 is 1. The van der Waals surface area contributed by atoms with Gasteiger partial charge in [-0.1, -0.05) is 6.07 Å². The molecule has 0 radical (unpaired) electrons. The van der Waals surface area contributed by atoms with Crippen molar-refractivity contribution in [3.8, 4) is 17.2 Å². The van der Waals surface area contributed by atoms with Crippen molar-refractivity contribution in [1.82, 2.24) is 20.2 Å². The maximum atomic E-state index is 12.0. The summed E-state index contributed by atoms with van der Waals surface area (Å²) < 4.78 is 18.4. The third-order valence-electron chi connectivity index (χ3n) is 4.79. The average Bonchev–Trinajstić information content (AvgIpc) is 3.31. The number of hydrogen-bond acceptors (Lipinski definition) is 7. The lowest BCUT2D eigenvalue weighted by Gasteiger charge is -2.15. The third kappa shape index (κ3) is 3.78. The smallest absolute Gasteiger partial charge is 0.365 e. The number of hydrogen-bond donors (Lipinski definition) is 1.